The van der Waals surface area contributed by atoms with Crippen LogP contribution in [-0.4, -0.2) is 71.8 Å². The summed E-state index contributed by atoms with van der Waals surface area (Å²) in [7, 11) is 0. The van der Waals surface area contributed by atoms with Gasteiger partial charge in [-0.05, 0) is 31.2 Å². The third kappa shape index (κ3) is 5.06. The van der Waals surface area contributed by atoms with Crippen molar-refractivity contribution in [2.75, 3.05) is 32.7 Å². The first kappa shape index (κ1) is 22.6. The Morgan fingerprint density at radius 3 is 2.69 bits per heavy atom. The standard InChI is InChI=1S/C24H35N5O3/c1-2-3-12-25-23(31)29-15-11-21(26-17-19-9-5-4-6-10-19)24(18-29)16-20(27-32-24)22(30)28-13-7-8-14-28/h4-6,9-10,21,26H,2-3,7-8,11-18H2,1H3,(H,25,31)/t21-,24+/m1/s1. The maximum absolute atomic E-state index is 13.0. The van der Waals surface area contributed by atoms with Crippen LogP contribution in [-0.2, 0) is 16.2 Å². The number of likely N-dealkylation sites (tertiary alicyclic amines) is 2. The van der Waals surface area contributed by atoms with Crippen molar-refractivity contribution in [3.8, 4) is 0 Å². The van der Waals surface area contributed by atoms with Crippen LogP contribution in [0.4, 0.5) is 4.79 Å². The van der Waals surface area contributed by atoms with E-state index in [0.29, 0.717) is 38.3 Å². The zero-order chi connectivity index (χ0) is 22.4. The molecule has 2 atom stereocenters. The SMILES string of the molecule is CCCCNC(=O)N1CC[C@@H](NCc2ccccc2)[C@]2(CC(C(=O)N3CCCC3)=NO2)C1. The number of unbranched alkanes of at least 4 members (excludes halogenated alkanes) is 1. The van der Waals surface area contributed by atoms with E-state index in [4.69, 9.17) is 4.84 Å². The molecule has 0 bridgehead atoms. The predicted molar refractivity (Wildman–Crippen MR) is 123 cm³/mol. The van der Waals surface area contributed by atoms with Crippen LogP contribution in [0, 0.1) is 0 Å². The third-order valence-electron chi connectivity index (χ3n) is 6.71. The first-order valence-electron chi connectivity index (χ1n) is 12.0. The molecule has 2 fully saturated rings. The minimum Gasteiger partial charge on any atom is -0.385 e. The van der Waals surface area contributed by atoms with Crippen LogP contribution in [0.1, 0.15) is 51.0 Å². The lowest BCUT2D eigenvalue weighted by molar-refractivity contribution is -0.123. The van der Waals surface area contributed by atoms with E-state index in [0.717, 1.165) is 45.2 Å². The van der Waals surface area contributed by atoms with Crippen molar-refractivity contribution in [1.29, 1.82) is 0 Å². The molecule has 0 radical (unpaired) electrons. The number of carbonyl (C=O) groups excluding carboxylic acids is 2. The Hall–Kier alpha value is -2.61. The van der Waals surface area contributed by atoms with Gasteiger partial charge in [0.25, 0.3) is 5.91 Å². The highest BCUT2D eigenvalue weighted by molar-refractivity contribution is 6.39. The molecule has 3 amide bonds. The number of nitrogens with one attached hydrogen (secondary N) is 2. The molecule has 3 heterocycles. The number of carbonyl (C=O) groups is 2. The van der Waals surface area contributed by atoms with E-state index < -0.39 is 5.60 Å². The van der Waals surface area contributed by atoms with E-state index in [-0.39, 0.29) is 18.0 Å². The Morgan fingerprint density at radius 2 is 1.94 bits per heavy atom. The summed E-state index contributed by atoms with van der Waals surface area (Å²) in [4.78, 5) is 35.4. The van der Waals surface area contributed by atoms with Gasteiger partial charge in [0, 0.05) is 39.1 Å². The number of rotatable bonds is 7. The number of nitrogens with zero attached hydrogens (tertiary/aromatic N) is 3. The lowest BCUT2D eigenvalue weighted by atomic mass is 9.83. The lowest BCUT2D eigenvalue weighted by Crippen LogP contribution is -2.64. The van der Waals surface area contributed by atoms with Gasteiger partial charge in [0.05, 0.1) is 12.6 Å². The number of hydrogen-bond acceptors (Lipinski definition) is 5. The second kappa shape index (κ2) is 10.3. The van der Waals surface area contributed by atoms with Gasteiger partial charge >= 0.3 is 6.03 Å². The van der Waals surface area contributed by atoms with Crippen LogP contribution in [0.15, 0.2) is 35.5 Å². The van der Waals surface area contributed by atoms with Gasteiger partial charge in [-0.2, -0.15) is 0 Å². The maximum atomic E-state index is 13.0. The molecule has 2 N–H and O–H groups in total. The zero-order valence-electron chi connectivity index (χ0n) is 19.0. The quantitative estimate of drug-likeness (QED) is 0.637. The normalized spacial score (nSPS) is 25.0. The summed E-state index contributed by atoms with van der Waals surface area (Å²) in [6, 6.07) is 10.2. The summed E-state index contributed by atoms with van der Waals surface area (Å²) in [6.07, 6.45) is 5.24. The van der Waals surface area contributed by atoms with E-state index in [9.17, 15) is 9.59 Å². The number of amides is 3. The molecule has 8 heteroatoms. The minimum atomic E-state index is -0.722. The van der Waals surface area contributed by atoms with Gasteiger partial charge in [0.15, 0.2) is 5.60 Å². The molecule has 4 rings (SSSR count). The Kier molecular flexibility index (Phi) is 7.29. The number of oxime groups is 1. The van der Waals surface area contributed by atoms with Crippen LogP contribution in [0.2, 0.25) is 0 Å². The Balaban J connectivity index is 1.45. The minimum absolute atomic E-state index is 0.00461. The molecule has 2 saturated heterocycles. The average Bonchev–Trinajstić information content (AvgIpc) is 3.50. The van der Waals surface area contributed by atoms with Crippen LogP contribution >= 0.6 is 0 Å². The number of benzene rings is 1. The predicted octanol–water partition coefficient (Wildman–Crippen LogP) is 2.50. The summed E-state index contributed by atoms with van der Waals surface area (Å²) in [5, 5.41) is 10.9. The summed E-state index contributed by atoms with van der Waals surface area (Å²) in [6.45, 7) is 6.11. The molecule has 0 aliphatic carbocycles. The third-order valence-corrected chi connectivity index (χ3v) is 6.71. The molecule has 1 aromatic rings. The molecular formula is C24H35N5O3. The largest absolute Gasteiger partial charge is 0.385 e. The number of piperidine rings is 1. The zero-order valence-corrected chi connectivity index (χ0v) is 19.0. The Morgan fingerprint density at radius 1 is 1.16 bits per heavy atom. The summed E-state index contributed by atoms with van der Waals surface area (Å²) in [5.41, 5.74) is 0.946. The molecule has 174 valence electrons. The second-order valence-corrected chi connectivity index (χ2v) is 9.08. The van der Waals surface area contributed by atoms with Gasteiger partial charge in [0.2, 0.25) is 0 Å². The highest BCUT2D eigenvalue weighted by Crippen LogP contribution is 2.35. The van der Waals surface area contributed by atoms with Crippen LogP contribution in [0.5, 0.6) is 0 Å². The topological polar surface area (TPSA) is 86.3 Å². The van der Waals surface area contributed by atoms with E-state index in [1.807, 2.05) is 28.0 Å². The van der Waals surface area contributed by atoms with Crippen molar-refractivity contribution in [2.24, 2.45) is 5.16 Å². The van der Waals surface area contributed by atoms with Crippen molar-refractivity contribution in [2.45, 2.75) is 63.6 Å². The van der Waals surface area contributed by atoms with Crippen molar-refractivity contribution in [1.82, 2.24) is 20.4 Å². The fourth-order valence-electron chi connectivity index (χ4n) is 4.83. The van der Waals surface area contributed by atoms with Gasteiger partial charge < -0.3 is 25.3 Å². The molecule has 0 saturated carbocycles. The van der Waals surface area contributed by atoms with Gasteiger partial charge in [-0.15, -0.1) is 0 Å². The first-order chi connectivity index (χ1) is 15.6. The summed E-state index contributed by atoms with van der Waals surface area (Å²) >= 11 is 0. The van der Waals surface area contributed by atoms with Gasteiger partial charge in [-0.3, -0.25) is 4.79 Å². The van der Waals surface area contributed by atoms with Gasteiger partial charge in [-0.1, -0.05) is 48.8 Å². The van der Waals surface area contributed by atoms with Crippen molar-refractivity contribution in [3.05, 3.63) is 35.9 Å². The highest BCUT2D eigenvalue weighted by atomic mass is 16.7. The number of hydrogen-bond donors (Lipinski definition) is 2. The van der Waals surface area contributed by atoms with Gasteiger partial charge in [0.1, 0.15) is 5.71 Å². The fraction of sp³-hybridized carbons (Fsp3) is 0.625. The molecule has 0 unspecified atom stereocenters. The van der Waals surface area contributed by atoms with Crippen molar-refractivity contribution in [3.63, 3.8) is 0 Å². The first-order valence-corrected chi connectivity index (χ1v) is 12.0. The van der Waals surface area contributed by atoms with E-state index in [1.165, 1.54) is 5.56 Å². The number of urea groups is 1. The maximum Gasteiger partial charge on any atom is 0.317 e. The lowest BCUT2D eigenvalue weighted by Gasteiger charge is -2.44. The van der Waals surface area contributed by atoms with E-state index >= 15 is 0 Å². The van der Waals surface area contributed by atoms with E-state index in [1.54, 1.807) is 0 Å². The van der Waals surface area contributed by atoms with Crippen molar-refractivity contribution >= 4 is 17.6 Å². The van der Waals surface area contributed by atoms with E-state index in [2.05, 4.69) is 34.8 Å². The van der Waals surface area contributed by atoms with Crippen LogP contribution in [0.25, 0.3) is 0 Å². The average molecular weight is 442 g/mol. The molecule has 0 aromatic heterocycles. The monoisotopic (exact) mass is 441 g/mol. The molecule has 32 heavy (non-hydrogen) atoms. The molecule has 3 aliphatic rings. The molecule has 1 spiro atoms. The fourth-order valence-corrected chi connectivity index (χ4v) is 4.83. The smallest absolute Gasteiger partial charge is 0.317 e. The van der Waals surface area contributed by atoms with Crippen LogP contribution in [0.3, 0.4) is 0 Å². The summed E-state index contributed by atoms with van der Waals surface area (Å²) < 4.78 is 0. The molecule has 3 aliphatic heterocycles. The molecule has 8 nitrogen and oxygen atoms in total. The molecule has 1 aromatic carbocycles. The van der Waals surface area contributed by atoms with Crippen molar-refractivity contribution < 1.29 is 14.4 Å². The van der Waals surface area contributed by atoms with Crippen LogP contribution < -0.4 is 10.6 Å². The second-order valence-electron chi connectivity index (χ2n) is 9.08. The molecular weight excluding hydrogens is 406 g/mol. The Labute approximate surface area is 190 Å². The summed E-state index contributed by atoms with van der Waals surface area (Å²) in [5.74, 6) is -0.0225. The highest BCUT2D eigenvalue weighted by Gasteiger charge is 2.52. The Bertz CT molecular complexity index is 824. The van der Waals surface area contributed by atoms with Gasteiger partial charge in [-0.25, -0.2) is 4.79 Å².